The fraction of sp³-hybridized carbons (Fsp3) is 0.200. The van der Waals surface area contributed by atoms with Gasteiger partial charge in [0.1, 0.15) is 5.01 Å². The van der Waals surface area contributed by atoms with Crippen molar-refractivity contribution in [3.63, 3.8) is 0 Å². The highest BCUT2D eigenvalue weighted by Crippen LogP contribution is 2.25. The van der Waals surface area contributed by atoms with Gasteiger partial charge in [0.15, 0.2) is 0 Å². The maximum atomic E-state index is 5.76. The van der Waals surface area contributed by atoms with Crippen LogP contribution in [0.25, 0.3) is 10.7 Å². The number of thiazole rings is 1. The Labute approximate surface area is 86.6 Å². The zero-order valence-electron chi connectivity index (χ0n) is 7.84. The largest absolute Gasteiger partial charge is 0.323 e. The molecule has 2 heterocycles. The summed E-state index contributed by atoms with van der Waals surface area (Å²) in [6, 6.07) is 5.84. The molecule has 0 unspecified atom stereocenters. The first kappa shape index (κ1) is 9.30. The molecule has 0 bridgehead atoms. The molecule has 2 aromatic rings. The fourth-order valence-corrected chi connectivity index (χ4v) is 1.95. The van der Waals surface area contributed by atoms with E-state index in [0.29, 0.717) is 0 Å². The van der Waals surface area contributed by atoms with E-state index in [1.807, 2.05) is 31.3 Å². The summed E-state index contributed by atoms with van der Waals surface area (Å²) in [5.41, 5.74) is 6.66. The molecular weight excluding hydrogens is 194 g/mol. The quantitative estimate of drug-likeness (QED) is 0.818. The fourth-order valence-electron chi connectivity index (χ4n) is 1.10. The monoisotopic (exact) mass is 205 g/mol. The summed E-state index contributed by atoms with van der Waals surface area (Å²) < 4.78 is 0. The van der Waals surface area contributed by atoms with E-state index in [4.69, 9.17) is 5.73 Å². The number of hydrogen-bond donors (Lipinski definition) is 1. The number of pyridine rings is 1. The second kappa shape index (κ2) is 3.86. The molecule has 0 radical (unpaired) electrons. The second-order valence-electron chi connectivity index (χ2n) is 3.07. The number of rotatable bonds is 2. The van der Waals surface area contributed by atoms with Crippen molar-refractivity contribution in [3.05, 3.63) is 35.5 Å². The van der Waals surface area contributed by atoms with E-state index in [1.165, 1.54) is 0 Å². The van der Waals surface area contributed by atoms with Crippen molar-refractivity contribution >= 4 is 11.3 Å². The van der Waals surface area contributed by atoms with Gasteiger partial charge in [0.05, 0.1) is 5.69 Å². The van der Waals surface area contributed by atoms with Crippen molar-refractivity contribution in [2.24, 2.45) is 5.73 Å². The highest BCUT2D eigenvalue weighted by atomic mass is 32.1. The van der Waals surface area contributed by atoms with Crippen LogP contribution < -0.4 is 5.73 Å². The van der Waals surface area contributed by atoms with Gasteiger partial charge in [0.2, 0.25) is 0 Å². The third-order valence-corrected chi connectivity index (χ3v) is 3.08. The molecule has 0 amide bonds. The highest BCUT2D eigenvalue weighted by molar-refractivity contribution is 7.15. The standard InChI is InChI=1S/C10H11N3S/c1-7(11)9-6-13-10(14-9)8-4-2-3-5-12-8/h2-7H,11H2,1H3/t7-/m0/s1. The van der Waals surface area contributed by atoms with Crippen LogP contribution in [0.4, 0.5) is 0 Å². The minimum absolute atomic E-state index is 0.0463. The summed E-state index contributed by atoms with van der Waals surface area (Å²) in [5.74, 6) is 0. The Bertz CT molecular complexity index is 408. The molecule has 2 aromatic heterocycles. The smallest absolute Gasteiger partial charge is 0.142 e. The van der Waals surface area contributed by atoms with Gasteiger partial charge in [-0.2, -0.15) is 0 Å². The van der Waals surface area contributed by atoms with E-state index in [1.54, 1.807) is 17.5 Å². The predicted molar refractivity (Wildman–Crippen MR) is 57.9 cm³/mol. The predicted octanol–water partition coefficient (Wildman–Crippen LogP) is 2.22. The van der Waals surface area contributed by atoms with Crippen LogP contribution >= 0.6 is 11.3 Å². The van der Waals surface area contributed by atoms with E-state index in [-0.39, 0.29) is 6.04 Å². The lowest BCUT2D eigenvalue weighted by Crippen LogP contribution is -2.01. The van der Waals surface area contributed by atoms with Gasteiger partial charge >= 0.3 is 0 Å². The van der Waals surface area contributed by atoms with E-state index >= 15 is 0 Å². The Kier molecular flexibility index (Phi) is 2.56. The van der Waals surface area contributed by atoms with Crippen LogP contribution in [0.5, 0.6) is 0 Å². The lowest BCUT2D eigenvalue weighted by Gasteiger charge is -1.96. The molecule has 0 spiro atoms. The van der Waals surface area contributed by atoms with E-state index in [9.17, 15) is 0 Å². The summed E-state index contributed by atoms with van der Waals surface area (Å²) in [6.07, 6.45) is 3.58. The first-order valence-corrected chi connectivity index (χ1v) is 5.22. The van der Waals surface area contributed by atoms with Crippen LogP contribution in [0.1, 0.15) is 17.8 Å². The van der Waals surface area contributed by atoms with Crippen molar-refractivity contribution in [2.45, 2.75) is 13.0 Å². The Balaban J connectivity index is 2.34. The first-order chi connectivity index (χ1) is 6.77. The number of aromatic nitrogens is 2. The molecule has 4 heteroatoms. The molecule has 2 rings (SSSR count). The Morgan fingerprint density at radius 3 is 2.79 bits per heavy atom. The topological polar surface area (TPSA) is 51.8 Å². The molecule has 14 heavy (non-hydrogen) atoms. The van der Waals surface area contributed by atoms with Gasteiger partial charge < -0.3 is 5.73 Å². The van der Waals surface area contributed by atoms with Gasteiger partial charge in [-0.25, -0.2) is 4.98 Å². The summed E-state index contributed by atoms with van der Waals surface area (Å²) in [7, 11) is 0. The van der Waals surface area contributed by atoms with E-state index < -0.39 is 0 Å². The first-order valence-electron chi connectivity index (χ1n) is 4.40. The molecule has 1 atom stereocenters. The van der Waals surface area contributed by atoms with Gasteiger partial charge in [-0.1, -0.05) is 6.07 Å². The molecular formula is C10H11N3S. The van der Waals surface area contributed by atoms with Gasteiger partial charge in [-0.15, -0.1) is 11.3 Å². The Morgan fingerprint density at radius 1 is 1.36 bits per heavy atom. The average molecular weight is 205 g/mol. The van der Waals surface area contributed by atoms with Gasteiger partial charge in [0, 0.05) is 23.3 Å². The van der Waals surface area contributed by atoms with Crippen LogP contribution in [-0.4, -0.2) is 9.97 Å². The van der Waals surface area contributed by atoms with E-state index in [2.05, 4.69) is 9.97 Å². The average Bonchev–Trinajstić information content (AvgIpc) is 2.68. The molecule has 0 aliphatic rings. The Hall–Kier alpha value is -1.26. The molecule has 0 saturated heterocycles. The normalized spacial score (nSPS) is 12.7. The minimum atomic E-state index is 0.0463. The lowest BCUT2D eigenvalue weighted by atomic mass is 10.3. The summed E-state index contributed by atoms with van der Waals surface area (Å²) in [5, 5.41) is 0.929. The minimum Gasteiger partial charge on any atom is -0.323 e. The summed E-state index contributed by atoms with van der Waals surface area (Å²) >= 11 is 1.60. The molecule has 0 fully saturated rings. The molecule has 0 aromatic carbocycles. The molecule has 2 N–H and O–H groups in total. The second-order valence-corrected chi connectivity index (χ2v) is 4.13. The van der Waals surface area contributed by atoms with Crippen LogP contribution in [0.2, 0.25) is 0 Å². The lowest BCUT2D eigenvalue weighted by molar-refractivity contribution is 0.835. The van der Waals surface area contributed by atoms with E-state index in [0.717, 1.165) is 15.6 Å². The number of hydrogen-bond acceptors (Lipinski definition) is 4. The Morgan fingerprint density at radius 2 is 2.21 bits per heavy atom. The van der Waals surface area contributed by atoms with Gasteiger partial charge in [-0.05, 0) is 19.1 Å². The van der Waals surface area contributed by atoms with Crippen molar-refractivity contribution < 1.29 is 0 Å². The van der Waals surface area contributed by atoms with Crippen molar-refractivity contribution in [2.75, 3.05) is 0 Å². The van der Waals surface area contributed by atoms with Crippen molar-refractivity contribution in [3.8, 4) is 10.7 Å². The zero-order valence-corrected chi connectivity index (χ0v) is 8.66. The van der Waals surface area contributed by atoms with Gasteiger partial charge in [0.25, 0.3) is 0 Å². The summed E-state index contributed by atoms with van der Waals surface area (Å²) in [4.78, 5) is 9.60. The molecule has 72 valence electrons. The summed E-state index contributed by atoms with van der Waals surface area (Å²) in [6.45, 7) is 1.95. The van der Waals surface area contributed by atoms with Crippen LogP contribution in [0.3, 0.4) is 0 Å². The maximum Gasteiger partial charge on any atom is 0.142 e. The third kappa shape index (κ3) is 1.81. The SMILES string of the molecule is C[C@H](N)c1cnc(-c2ccccn2)s1. The number of nitrogens with zero attached hydrogens (tertiary/aromatic N) is 2. The van der Waals surface area contributed by atoms with Crippen molar-refractivity contribution in [1.82, 2.24) is 9.97 Å². The molecule has 0 aliphatic heterocycles. The maximum absolute atomic E-state index is 5.76. The molecule has 0 aliphatic carbocycles. The van der Waals surface area contributed by atoms with Crippen LogP contribution in [0.15, 0.2) is 30.6 Å². The zero-order chi connectivity index (χ0) is 9.97. The molecule has 0 saturated carbocycles. The molecule has 3 nitrogen and oxygen atoms in total. The van der Waals surface area contributed by atoms with Crippen LogP contribution in [0, 0.1) is 0 Å². The van der Waals surface area contributed by atoms with Crippen LogP contribution in [-0.2, 0) is 0 Å². The van der Waals surface area contributed by atoms with Crippen molar-refractivity contribution in [1.29, 1.82) is 0 Å². The van der Waals surface area contributed by atoms with Gasteiger partial charge in [-0.3, -0.25) is 4.98 Å². The third-order valence-electron chi connectivity index (χ3n) is 1.86. The highest BCUT2D eigenvalue weighted by Gasteiger charge is 2.07. The number of nitrogens with two attached hydrogens (primary N) is 1.